The van der Waals surface area contributed by atoms with Crippen LogP contribution in [0.5, 0.6) is 0 Å². The summed E-state index contributed by atoms with van der Waals surface area (Å²) in [7, 11) is 0. The first-order chi connectivity index (χ1) is 9.58. The maximum Gasteiger partial charge on any atom is 0.283 e. The van der Waals surface area contributed by atoms with E-state index in [9.17, 15) is 4.79 Å². The molecule has 0 atom stereocenters. The smallest absolute Gasteiger partial charge is 0.283 e. The SMILES string of the molecule is CC(C)Cn1ncc(NCc2cccnn2)c(Br)c1=O. The average Bonchev–Trinajstić information content (AvgIpc) is 2.44. The molecule has 2 aromatic heterocycles. The van der Waals surface area contributed by atoms with Crippen LogP contribution in [0, 0.1) is 5.92 Å². The summed E-state index contributed by atoms with van der Waals surface area (Å²) < 4.78 is 1.94. The van der Waals surface area contributed by atoms with Crippen LogP contribution in [0.4, 0.5) is 5.69 Å². The molecule has 2 rings (SSSR count). The topological polar surface area (TPSA) is 72.7 Å². The van der Waals surface area contributed by atoms with Gasteiger partial charge in [-0.3, -0.25) is 4.79 Å². The molecule has 0 saturated carbocycles. The van der Waals surface area contributed by atoms with E-state index >= 15 is 0 Å². The van der Waals surface area contributed by atoms with Gasteiger partial charge in [-0.05, 0) is 34.0 Å². The Labute approximate surface area is 125 Å². The first-order valence-electron chi connectivity index (χ1n) is 6.34. The second-order valence-corrected chi connectivity index (χ2v) is 5.61. The first-order valence-corrected chi connectivity index (χ1v) is 7.13. The van der Waals surface area contributed by atoms with Crippen molar-refractivity contribution in [1.29, 1.82) is 0 Å². The molecule has 0 aliphatic carbocycles. The molecule has 0 radical (unpaired) electrons. The number of nitrogens with zero attached hydrogens (tertiary/aromatic N) is 4. The Hall–Kier alpha value is -1.76. The molecular formula is C13H16BrN5O. The van der Waals surface area contributed by atoms with Gasteiger partial charge in [-0.2, -0.15) is 15.3 Å². The summed E-state index contributed by atoms with van der Waals surface area (Å²) in [6.07, 6.45) is 3.26. The van der Waals surface area contributed by atoms with Crippen molar-refractivity contribution in [3.63, 3.8) is 0 Å². The highest BCUT2D eigenvalue weighted by molar-refractivity contribution is 9.10. The van der Waals surface area contributed by atoms with Crippen molar-refractivity contribution in [3.8, 4) is 0 Å². The fourth-order valence-electron chi connectivity index (χ4n) is 1.68. The molecule has 0 saturated heterocycles. The van der Waals surface area contributed by atoms with Crippen LogP contribution in [0.1, 0.15) is 19.5 Å². The lowest BCUT2D eigenvalue weighted by atomic mass is 10.2. The van der Waals surface area contributed by atoms with E-state index in [4.69, 9.17) is 0 Å². The third kappa shape index (κ3) is 3.63. The molecular weight excluding hydrogens is 322 g/mol. The van der Waals surface area contributed by atoms with Gasteiger partial charge < -0.3 is 5.32 Å². The Kier molecular flexibility index (Phi) is 4.84. The van der Waals surface area contributed by atoms with E-state index in [1.54, 1.807) is 12.4 Å². The normalized spacial score (nSPS) is 10.8. The standard InChI is InChI=1S/C13H16BrN5O/c1-9(2)8-19-13(20)12(14)11(7-17-19)15-6-10-4-3-5-16-18-10/h3-5,7,9,15H,6,8H2,1-2H3. The van der Waals surface area contributed by atoms with Crippen LogP contribution in [0.25, 0.3) is 0 Å². The van der Waals surface area contributed by atoms with Crippen molar-refractivity contribution >= 4 is 21.6 Å². The molecule has 0 aliphatic heterocycles. The van der Waals surface area contributed by atoms with E-state index in [0.29, 0.717) is 29.2 Å². The Bertz CT molecular complexity index is 626. The average molecular weight is 338 g/mol. The Balaban J connectivity index is 2.13. The summed E-state index contributed by atoms with van der Waals surface area (Å²) >= 11 is 3.32. The quantitative estimate of drug-likeness (QED) is 0.904. The fraction of sp³-hybridized carbons (Fsp3) is 0.385. The lowest BCUT2D eigenvalue weighted by Crippen LogP contribution is -2.26. The van der Waals surface area contributed by atoms with Gasteiger partial charge in [0.05, 0.1) is 24.1 Å². The lowest BCUT2D eigenvalue weighted by Gasteiger charge is -2.11. The Morgan fingerprint density at radius 2 is 2.25 bits per heavy atom. The number of hydrogen-bond donors (Lipinski definition) is 1. The number of anilines is 1. The number of halogens is 1. The van der Waals surface area contributed by atoms with Crippen molar-refractivity contribution in [2.75, 3.05) is 5.32 Å². The van der Waals surface area contributed by atoms with Crippen molar-refractivity contribution in [3.05, 3.63) is 45.0 Å². The van der Waals surface area contributed by atoms with Crippen LogP contribution in [-0.2, 0) is 13.1 Å². The van der Waals surface area contributed by atoms with Gasteiger partial charge in [-0.25, -0.2) is 4.68 Å². The molecule has 0 bridgehead atoms. The Morgan fingerprint density at radius 1 is 1.45 bits per heavy atom. The summed E-state index contributed by atoms with van der Waals surface area (Å²) in [4.78, 5) is 12.1. The Morgan fingerprint density at radius 3 is 2.90 bits per heavy atom. The summed E-state index contributed by atoms with van der Waals surface area (Å²) in [6, 6.07) is 3.68. The van der Waals surface area contributed by atoms with Gasteiger partial charge in [0.15, 0.2) is 0 Å². The number of aromatic nitrogens is 4. The van der Waals surface area contributed by atoms with Gasteiger partial charge in [0, 0.05) is 12.7 Å². The van der Waals surface area contributed by atoms with Crippen molar-refractivity contribution in [2.45, 2.75) is 26.9 Å². The number of rotatable bonds is 5. The highest BCUT2D eigenvalue weighted by atomic mass is 79.9. The molecule has 2 heterocycles. The zero-order chi connectivity index (χ0) is 14.5. The molecule has 0 spiro atoms. The third-order valence-electron chi connectivity index (χ3n) is 2.61. The van der Waals surface area contributed by atoms with Gasteiger partial charge in [0.1, 0.15) is 4.47 Å². The van der Waals surface area contributed by atoms with Crippen LogP contribution in [0.15, 0.2) is 33.8 Å². The molecule has 106 valence electrons. The number of hydrogen-bond acceptors (Lipinski definition) is 5. The molecule has 1 N–H and O–H groups in total. The maximum atomic E-state index is 12.1. The summed E-state index contributed by atoms with van der Waals surface area (Å²) in [5.74, 6) is 0.366. The monoisotopic (exact) mass is 337 g/mol. The number of nitrogens with one attached hydrogen (secondary N) is 1. The van der Waals surface area contributed by atoms with Gasteiger partial charge in [0.2, 0.25) is 0 Å². The minimum Gasteiger partial charge on any atom is -0.377 e. The molecule has 20 heavy (non-hydrogen) atoms. The molecule has 0 fully saturated rings. The van der Waals surface area contributed by atoms with Crippen molar-refractivity contribution in [2.24, 2.45) is 5.92 Å². The van der Waals surface area contributed by atoms with Crippen LogP contribution in [0.2, 0.25) is 0 Å². The van der Waals surface area contributed by atoms with E-state index in [2.05, 4.69) is 36.5 Å². The molecule has 0 unspecified atom stereocenters. The largest absolute Gasteiger partial charge is 0.377 e. The van der Waals surface area contributed by atoms with E-state index in [1.807, 2.05) is 26.0 Å². The summed E-state index contributed by atoms with van der Waals surface area (Å²) in [6.45, 7) is 5.17. The maximum absolute atomic E-state index is 12.1. The fourth-order valence-corrected chi connectivity index (χ4v) is 2.12. The van der Waals surface area contributed by atoms with Crippen LogP contribution in [0.3, 0.4) is 0 Å². The van der Waals surface area contributed by atoms with Gasteiger partial charge in [-0.1, -0.05) is 13.8 Å². The third-order valence-corrected chi connectivity index (χ3v) is 3.38. The summed E-state index contributed by atoms with van der Waals surface area (Å²) in [5.41, 5.74) is 1.31. The van der Waals surface area contributed by atoms with Crippen molar-refractivity contribution in [1.82, 2.24) is 20.0 Å². The van der Waals surface area contributed by atoms with Crippen LogP contribution < -0.4 is 10.9 Å². The predicted octanol–water partition coefficient (Wildman–Crippen LogP) is 2.06. The van der Waals surface area contributed by atoms with E-state index < -0.39 is 0 Å². The van der Waals surface area contributed by atoms with E-state index in [1.165, 1.54) is 4.68 Å². The minimum absolute atomic E-state index is 0.136. The van der Waals surface area contributed by atoms with Crippen LogP contribution in [-0.4, -0.2) is 20.0 Å². The first kappa shape index (κ1) is 14.6. The minimum atomic E-state index is -0.136. The van der Waals surface area contributed by atoms with Crippen molar-refractivity contribution < 1.29 is 0 Å². The second-order valence-electron chi connectivity index (χ2n) is 4.82. The molecule has 2 aromatic rings. The van der Waals surface area contributed by atoms with Gasteiger partial charge in [-0.15, -0.1) is 0 Å². The highest BCUT2D eigenvalue weighted by Gasteiger charge is 2.09. The van der Waals surface area contributed by atoms with Gasteiger partial charge >= 0.3 is 0 Å². The molecule has 0 aliphatic rings. The predicted molar refractivity (Wildman–Crippen MR) is 80.4 cm³/mol. The molecule has 0 aromatic carbocycles. The zero-order valence-electron chi connectivity index (χ0n) is 11.4. The molecule has 7 heteroatoms. The highest BCUT2D eigenvalue weighted by Crippen LogP contribution is 2.17. The summed E-state index contributed by atoms with van der Waals surface area (Å²) in [5, 5.41) is 15.1. The van der Waals surface area contributed by atoms with Crippen LogP contribution >= 0.6 is 15.9 Å². The lowest BCUT2D eigenvalue weighted by molar-refractivity contribution is 0.462. The molecule has 6 nitrogen and oxygen atoms in total. The second kappa shape index (κ2) is 6.60. The van der Waals surface area contributed by atoms with E-state index in [-0.39, 0.29) is 5.56 Å². The molecule has 0 amide bonds. The zero-order valence-corrected chi connectivity index (χ0v) is 13.0. The van der Waals surface area contributed by atoms with E-state index in [0.717, 1.165) is 5.69 Å². The van der Waals surface area contributed by atoms with Gasteiger partial charge in [0.25, 0.3) is 5.56 Å².